The second-order valence-corrected chi connectivity index (χ2v) is 7.18. The largest absolute Gasteiger partial charge is 0.269 e. The van der Waals surface area contributed by atoms with E-state index in [-0.39, 0.29) is 5.91 Å². The summed E-state index contributed by atoms with van der Waals surface area (Å²) in [7, 11) is 0. The summed E-state index contributed by atoms with van der Waals surface area (Å²) in [4.78, 5) is 19.5. The van der Waals surface area contributed by atoms with Gasteiger partial charge in [-0.25, -0.2) is 4.98 Å². The number of carbonyl (C=O) groups is 1. The number of hydrogen-bond donors (Lipinski definition) is 0. The molecule has 0 fully saturated rings. The number of aromatic nitrogens is 1. The highest BCUT2D eigenvalue weighted by molar-refractivity contribution is 7.22. The highest BCUT2D eigenvalue weighted by atomic mass is 32.1. The number of hydrogen-bond acceptors (Lipinski definition) is 3. The molecule has 4 rings (SSSR count). The fourth-order valence-corrected chi connectivity index (χ4v) is 3.88. The Bertz CT molecular complexity index is 1080. The minimum absolute atomic E-state index is 0.118. The van der Waals surface area contributed by atoms with E-state index in [0.29, 0.717) is 5.13 Å². The van der Waals surface area contributed by atoms with Crippen LogP contribution in [0.15, 0.2) is 84.9 Å². The first kappa shape index (κ1) is 17.2. The third kappa shape index (κ3) is 3.66. The van der Waals surface area contributed by atoms with Gasteiger partial charge in [0.25, 0.3) is 5.91 Å². The average Bonchev–Trinajstić information content (AvgIpc) is 3.12. The summed E-state index contributed by atoms with van der Waals surface area (Å²) in [6.07, 6.45) is 3.44. The van der Waals surface area contributed by atoms with Gasteiger partial charge in [-0.05, 0) is 42.3 Å². The molecule has 0 saturated heterocycles. The average molecular weight is 370 g/mol. The standard InChI is InChI=1S/C23H18N2OS/c1-17-9-5-7-13-20(17)25(22(26)16-15-18-10-3-2-4-11-18)23-24-19-12-6-8-14-21(19)27-23/h2-16H,1H3/b16-15+. The smallest absolute Gasteiger partial charge is 0.257 e. The van der Waals surface area contributed by atoms with Gasteiger partial charge in [0.05, 0.1) is 15.9 Å². The minimum atomic E-state index is -0.118. The van der Waals surface area contributed by atoms with E-state index in [1.54, 1.807) is 11.0 Å². The van der Waals surface area contributed by atoms with Gasteiger partial charge in [-0.2, -0.15) is 0 Å². The molecule has 0 aliphatic heterocycles. The summed E-state index contributed by atoms with van der Waals surface area (Å²) in [5.41, 5.74) is 3.76. The second-order valence-electron chi connectivity index (χ2n) is 6.17. The maximum absolute atomic E-state index is 13.2. The van der Waals surface area contributed by atoms with Crippen LogP contribution >= 0.6 is 11.3 Å². The van der Waals surface area contributed by atoms with E-state index in [2.05, 4.69) is 0 Å². The lowest BCUT2D eigenvalue weighted by Gasteiger charge is -2.20. The maximum atomic E-state index is 13.2. The van der Waals surface area contributed by atoms with Crippen molar-refractivity contribution in [3.8, 4) is 0 Å². The summed E-state index contributed by atoms with van der Waals surface area (Å²) < 4.78 is 1.06. The first-order valence-corrected chi connectivity index (χ1v) is 9.52. The summed E-state index contributed by atoms with van der Waals surface area (Å²) in [6.45, 7) is 2.00. The number of aryl methyl sites for hydroxylation is 1. The molecule has 0 unspecified atom stereocenters. The van der Waals surface area contributed by atoms with Crippen LogP contribution in [0, 0.1) is 6.92 Å². The lowest BCUT2D eigenvalue weighted by molar-refractivity contribution is -0.113. The molecule has 0 spiro atoms. The van der Waals surface area contributed by atoms with Gasteiger partial charge >= 0.3 is 0 Å². The van der Waals surface area contributed by atoms with Gasteiger partial charge in [0.1, 0.15) is 0 Å². The fourth-order valence-electron chi connectivity index (χ4n) is 2.89. The molecule has 0 radical (unpaired) electrons. The Labute approximate surface area is 162 Å². The van der Waals surface area contributed by atoms with Crippen LogP contribution in [-0.2, 0) is 4.79 Å². The third-order valence-corrected chi connectivity index (χ3v) is 5.29. The van der Waals surface area contributed by atoms with E-state index in [0.717, 1.165) is 27.0 Å². The van der Waals surface area contributed by atoms with Crippen molar-refractivity contribution in [3.05, 3.63) is 96.1 Å². The number of para-hydroxylation sites is 2. The molecule has 0 saturated carbocycles. The molecule has 0 aliphatic carbocycles. The molecule has 0 bridgehead atoms. The molecular formula is C23H18N2OS. The van der Waals surface area contributed by atoms with Crippen LogP contribution < -0.4 is 4.90 Å². The lowest BCUT2D eigenvalue weighted by Crippen LogP contribution is -2.24. The van der Waals surface area contributed by atoms with Crippen molar-refractivity contribution < 1.29 is 4.79 Å². The van der Waals surface area contributed by atoms with Crippen molar-refractivity contribution in [1.82, 2.24) is 4.98 Å². The lowest BCUT2D eigenvalue weighted by atomic mass is 10.1. The molecule has 4 heteroatoms. The molecule has 3 aromatic carbocycles. The molecule has 0 aliphatic rings. The van der Waals surface area contributed by atoms with E-state index in [9.17, 15) is 4.79 Å². The molecule has 1 heterocycles. The van der Waals surface area contributed by atoms with Crippen LogP contribution in [0.5, 0.6) is 0 Å². The van der Waals surface area contributed by atoms with Crippen LogP contribution in [-0.4, -0.2) is 10.9 Å². The molecule has 0 N–H and O–H groups in total. The van der Waals surface area contributed by atoms with Gasteiger partial charge in [-0.15, -0.1) is 0 Å². The maximum Gasteiger partial charge on any atom is 0.257 e. The Kier molecular flexibility index (Phi) is 4.81. The van der Waals surface area contributed by atoms with E-state index in [1.807, 2.05) is 91.9 Å². The third-order valence-electron chi connectivity index (χ3n) is 4.27. The van der Waals surface area contributed by atoms with Crippen molar-refractivity contribution in [2.75, 3.05) is 4.90 Å². The monoisotopic (exact) mass is 370 g/mol. The number of fused-ring (bicyclic) bond motifs is 1. The van der Waals surface area contributed by atoms with Crippen molar-refractivity contribution >= 4 is 44.4 Å². The molecule has 1 amide bonds. The van der Waals surface area contributed by atoms with Crippen molar-refractivity contribution in [2.24, 2.45) is 0 Å². The molecule has 3 nitrogen and oxygen atoms in total. The zero-order valence-corrected chi connectivity index (χ0v) is 15.7. The van der Waals surface area contributed by atoms with Crippen LogP contribution in [0.4, 0.5) is 10.8 Å². The number of thiazole rings is 1. The Balaban J connectivity index is 1.77. The summed E-state index contributed by atoms with van der Waals surface area (Å²) in [6, 6.07) is 25.6. The van der Waals surface area contributed by atoms with Gasteiger partial charge in [0, 0.05) is 6.08 Å². The van der Waals surface area contributed by atoms with E-state index < -0.39 is 0 Å². The Hall–Kier alpha value is -3.24. The number of benzene rings is 3. The second kappa shape index (κ2) is 7.56. The Morgan fingerprint density at radius 3 is 2.41 bits per heavy atom. The van der Waals surface area contributed by atoms with Crippen molar-refractivity contribution in [2.45, 2.75) is 6.92 Å². The van der Waals surface area contributed by atoms with E-state index in [1.165, 1.54) is 11.3 Å². The first-order chi connectivity index (χ1) is 13.2. The van der Waals surface area contributed by atoms with Crippen LogP contribution in [0.25, 0.3) is 16.3 Å². The number of rotatable bonds is 4. The number of anilines is 2. The first-order valence-electron chi connectivity index (χ1n) is 8.71. The van der Waals surface area contributed by atoms with E-state index in [4.69, 9.17) is 4.98 Å². The Morgan fingerprint density at radius 2 is 1.63 bits per heavy atom. The topological polar surface area (TPSA) is 33.2 Å². The molecule has 4 aromatic rings. The highest BCUT2D eigenvalue weighted by Gasteiger charge is 2.21. The van der Waals surface area contributed by atoms with Gasteiger partial charge in [0.15, 0.2) is 5.13 Å². The van der Waals surface area contributed by atoms with E-state index >= 15 is 0 Å². The molecule has 0 atom stereocenters. The zero-order chi connectivity index (χ0) is 18.6. The predicted molar refractivity (Wildman–Crippen MR) is 113 cm³/mol. The van der Waals surface area contributed by atoms with Gasteiger partial charge in [0.2, 0.25) is 0 Å². The normalized spacial score (nSPS) is 11.1. The SMILES string of the molecule is Cc1ccccc1N(C(=O)/C=C/c1ccccc1)c1nc2ccccc2s1. The Morgan fingerprint density at radius 1 is 0.926 bits per heavy atom. The van der Waals surface area contributed by atoms with Crippen molar-refractivity contribution in [1.29, 1.82) is 0 Å². The molecule has 132 valence electrons. The molecular weight excluding hydrogens is 352 g/mol. The van der Waals surface area contributed by atoms with Crippen LogP contribution in [0.2, 0.25) is 0 Å². The minimum Gasteiger partial charge on any atom is -0.269 e. The number of carbonyl (C=O) groups excluding carboxylic acids is 1. The predicted octanol–water partition coefficient (Wildman–Crippen LogP) is 5.98. The number of nitrogens with zero attached hydrogens (tertiary/aromatic N) is 2. The number of amides is 1. The van der Waals surface area contributed by atoms with Crippen molar-refractivity contribution in [3.63, 3.8) is 0 Å². The molecule has 27 heavy (non-hydrogen) atoms. The summed E-state index contributed by atoms with van der Waals surface area (Å²) >= 11 is 1.52. The van der Waals surface area contributed by atoms with Gasteiger partial charge < -0.3 is 0 Å². The summed E-state index contributed by atoms with van der Waals surface area (Å²) in [5.74, 6) is -0.118. The summed E-state index contributed by atoms with van der Waals surface area (Å²) in [5, 5.41) is 0.674. The highest BCUT2D eigenvalue weighted by Crippen LogP contribution is 2.35. The van der Waals surface area contributed by atoms with Gasteiger partial charge in [-0.1, -0.05) is 72.0 Å². The zero-order valence-electron chi connectivity index (χ0n) is 14.9. The van der Waals surface area contributed by atoms with Crippen LogP contribution in [0.3, 0.4) is 0 Å². The fraction of sp³-hybridized carbons (Fsp3) is 0.0435. The van der Waals surface area contributed by atoms with Crippen LogP contribution in [0.1, 0.15) is 11.1 Å². The quantitative estimate of drug-likeness (QED) is 0.414. The molecule has 1 aromatic heterocycles. The van der Waals surface area contributed by atoms with Gasteiger partial charge in [-0.3, -0.25) is 9.69 Å².